The third kappa shape index (κ3) is 12.0. The molecule has 0 aromatic heterocycles. The van der Waals surface area contributed by atoms with Crippen molar-refractivity contribution in [2.45, 2.75) is 92.2 Å². The number of rotatable bonds is 15. The third-order valence-electron chi connectivity index (χ3n) is 7.13. The van der Waals surface area contributed by atoms with Gasteiger partial charge in [-0.3, -0.25) is 19.2 Å². The summed E-state index contributed by atoms with van der Waals surface area (Å²) in [6, 6.07) is 4.32. The number of nitrogens with zero attached hydrogens (tertiary/aromatic N) is 1. The predicted octanol–water partition coefficient (Wildman–Crippen LogP) is 3.10. The van der Waals surface area contributed by atoms with E-state index in [2.05, 4.69) is 18.7 Å². The molecule has 15 heteroatoms. The summed E-state index contributed by atoms with van der Waals surface area (Å²) in [7, 11) is 1.36. The molecule has 0 spiro atoms. The fraction of sp³-hybridized carbons (Fsp3) is 0.645. The summed E-state index contributed by atoms with van der Waals surface area (Å²) in [4.78, 5) is 63.0. The number of methoxy groups -OCH3 is 1. The van der Waals surface area contributed by atoms with Crippen molar-refractivity contribution in [1.29, 1.82) is 0 Å². The van der Waals surface area contributed by atoms with Gasteiger partial charge in [0.2, 0.25) is 12.4 Å². The van der Waals surface area contributed by atoms with E-state index >= 15 is 0 Å². The zero-order valence-corrected chi connectivity index (χ0v) is 28.6. The highest BCUT2D eigenvalue weighted by molar-refractivity contribution is 5.90. The Morgan fingerprint density at radius 3 is 1.91 bits per heavy atom. The Bertz CT molecular complexity index is 1190. The first kappa shape index (κ1) is 40.4. The molecule has 0 aliphatic carbocycles. The molecule has 1 saturated heterocycles. The van der Waals surface area contributed by atoms with Crippen molar-refractivity contribution in [1.82, 2.24) is 4.90 Å². The van der Waals surface area contributed by atoms with Crippen LogP contribution in [0, 0.1) is 5.92 Å². The highest BCUT2D eigenvalue weighted by atomic mass is 35.5. The first-order valence-corrected chi connectivity index (χ1v) is 14.8. The minimum absolute atomic E-state index is 0. The van der Waals surface area contributed by atoms with Gasteiger partial charge in [-0.25, -0.2) is 4.79 Å². The quantitative estimate of drug-likeness (QED) is 0.197. The van der Waals surface area contributed by atoms with Crippen LogP contribution in [0.4, 0.5) is 0 Å². The van der Waals surface area contributed by atoms with E-state index in [4.69, 9.17) is 37.9 Å². The van der Waals surface area contributed by atoms with Crippen molar-refractivity contribution in [3.8, 4) is 11.5 Å². The van der Waals surface area contributed by atoms with Crippen LogP contribution in [-0.2, 0) is 47.6 Å². The molecule has 0 radical (unpaired) electrons. The predicted molar refractivity (Wildman–Crippen MR) is 165 cm³/mol. The van der Waals surface area contributed by atoms with E-state index in [1.807, 2.05) is 13.8 Å². The van der Waals surface area contributed by atoms with E-state index < -0.39 is 67.2 Å². The fourth-order valence-corrected chi connectivity index (χ4v) is 4.69. The second-order valence-corrected chi connectivity index (χ2v) is 10.6. The Kier molecular flexibility index (Phi) is 16.8. The molecule has 1 aromatic carbocycles. The molecular formula is C31H46ClNO13. The summed E-state index contributed by atoms with van der Waals surface area (Å²) in [5.74, 6) is -3.25. The Hall–Kier alpha value is -3.62. The maximum Gasteiger partial charge on any atom is 0.338 e. The SMILES string of the molecule is CCN(CC)CC(C)C(C)OC(=O)c1ccc(OC2OC(COC(C)=O)C(OC(C)=O)C(OC(C)=O)C2OC(C)=O)c(OC)c1.Cl. The average molecular weight is 676 g/mol. The molecule has 1 aliphatic rings. The van der Waals surface area contributed by atoms with Gasteiger partial charge >= 0.3 is 29.8 Å². The van der Waals surface area contributed by atoms with Crippen LogP contribution in [0.3, 0.4) is 0 Å². The van der Waals surface area contributed by atoms with Gasteiger partial charge in [0.15, 0.2) is 23.7 Å². The van der Waals surface area contributed by atoms with Gasteiger partial charge in [0.25, 0.3) is 0 Å². The lowest BCUT2D eigenvalue weighted by Gasteiger charge is -2.44. The standard InChI is InChI=1S/C31H45NO13.ClH/c1-10-32(11-2)15-17(3)18(4)40-30(37)23-12-13-24(25(14-23)38-9)44-31-29(43-22(8)36)28(42-21(7)35)27(41-20(6)34)26(45-31)16-39-19(5)33;/h12-14,17-18,26-29,31H,10-11,15-16H2,1-9H3;1H. The number of benzene rings is 1. The van der Waals surface area contributed by atoms with Crippen molar-refractivity contribution in [3.05, 3.63) is 23.8 Å². The van der Waals surface area contributed by atoms with E-state index in [0.717, 1.165) is 40.4 Å². The summed E-state index contributed by atoms with van der Waals surface area (Å²) in [6.07, 6.45) is -7.21. The summed E-state index contributed by atoms with van der Waals surface area (Å²) in [5.41, 5.74) is 0.197. The van der Waals surface area contributed by atoms with Crippen molar-refractivity contribution >= 4 is 42.3 Å². The van der Waals surface area contributed by atoms with Crippen LogP contribution in [0.15, 0.2) is 18.2 Å². The summed E-state index contributed by atoms with van der Waals surface area (Å²) < 4.78 is 44.6. The van der Waals surface area contributed by atoms with E-state index in [1.54, 1.807) is 0 Å². The molecule has 1 fully saturated rings. The average Bonchev–Trinajstić information content (AvgIpc) is 2.96. The maximum absolute atomic E-state index is 13.0. The van der Waals surface area contributed by atoms with E-state index in [9.17, 15) is 24.0 Å². The molecule has 0 N–H and O–H groups in total. The van der Waals surface area contributed by atoms with E-state index in [-0.39, 0.29) is 41.5 Å². The van der Waals surface area contributed by atoms with Crippen LogP contribution >= 0.6 is 12.4 Å². The van der Waals surface area contributed by atoms with Crippen LogP contribution in [0.1, 0.15) is 65.7 Å². The number of hydrogen-bond donors (Lipinski definition) is 0. The molecule has 7 unspecified atom stereocenters. The minimum Gasteiger partial charge on any atom is -0.493 e. The minimum atomic E-state index is -1.47. The molecule has 7 atom stereocenters. The lowest BCUT2D eigenvalue weighted by atomic mass is 9.98. The third-order valence-corrected chi connectivity index (χ3v) is 7.13. The maximum atomic E-state index is 13.0. The van der Waals surface area contributed by atoms with Gasteiger partial charge in [-0.2, -0.15) is 0 Å². The molecule has 46 heavy (non-hydrogen) atoms. The molecular weight excluding hydrogens is 630 g/mol. The number of ether oxygens (including phenoxy) is 8. The number of esters is 5. The Balaban J connectivity index is 0.0000106. The van der Waals surface area contributed by atoms with Crippen molar-refractivity contribution in [2.24, 2.45) is 5.92 Å². The van der Waals surface area contributed by atoms with Crippen molar-refractivity contribution in [2.75, 3.05) is 33.4 Å². The van der Waals surface area contributed by atoms with Crippen molar-refractivity contribution in [3.63, 3.8) is 0 Å². The van der Waals surface area contributed by atoms with Crippen LogP contribution < -0.4 is 9.47 Å². The zero-order valence-electron chi connectivity index (χ0n) is 27.8. The van der Waals surface area contributed by atoms with Crippen LogP contribution in [0.2, 0.25) is 0 Å². The van der Waals surface area contributed by atoms with Gasteiger partial charge in [-0.15, -0.1) is 12.4 Å². The molecule has 14 nitrogen and oxygen atoms in total. The first-order valence-electron chi connectivity index (χ1n) is 14.8. The fourth-order valence-electron chi connectivity index (χ4n) is 4.69. The van der Waals surface area contributed by atoms with Gasteiger partial charge in [0.1, 0.15) is 18.8 Å². The molecule has 260 valence electrons. The molecule has 0 amide bonds. The van der Waals surface area contributed by atoms with Gasteiger partial charge in [-0.05, 0) is 38.2 Å². The lowest BCUT2D eigenvalue weighted by molar-refractivity contribution is -0.288. The number of hydrogen-bond acceptors (Lipinski definition) is 14. The number of halogens is 1. The highest BCUT2D eigenvalue weighted by Crippen LogP contribution is 2.35. The summed E-state index contributed by atoms with van der Waals surface area (Å²) >= 11 is 0. The molecule has 1 aliphatic heterocycles. The molecule has 0 bridgehead atoms. The van der Waals surface area contributed by atoms with Gasteiger partial charge in [-0.1, -0.05) is 20.8 Å². The Labute approximate surface area is 275 Å². The van der Waals surface area contributed by atoms with Crippen LogP contribution in [0.25, 0.3) is 0 Å². The molecule has 0 saturated carbocycles. The summed E-state index contributed by atoms with van der Waals surface area (Å²) in [5, 5.41) is 0. The topological polar surface area (TPSA) is 162 Å². The van der Waals surface area contributed by atoms with Crippen LogP contribution in [0.5, 0.6) is 11.5 Å². The first-order chi connectivity index (χ1) is 21.2. The normalized spacial score (nSPS) is 21.9. The monoisotopic (exact) mass is 675 g/mol. The molecule has 2 rings (SSSR count). The van der Waals surface area contributed by atoms with Gasteiger partial charge in [0.05, 0.1) is 12.7 Å². The van der Waals surface area contributed by atoms with E-state index in [0.29, 0.717) is 0 Å². The summed E-state index contributed by atoms with van der Waals surface area (Å²) in [6.45, 7) is 14.7. The number of carbonyl (C=O) groups is 5. The Morgan fingerprint density at radius 1 is 0.826 bits per heavy atom. The zero-order chi connectivity index (χ0) is 33.8. The second-order valence-electron chi connectivity index (χ2n) is 10.6. The van der Waals surface area contributed by atoms with Gasteiger partial charge in [0, 0.05) is 40.2 Å². The van der Waals surface area contributed by atoms with Crippen molar-refractivity contribution < 1.29 is 61.9 Å². The Morgan fingerprint density at radius 2 is 1.39 bits per heavy atom. The van der Waals surface area contributed by atoms with Crippen LogP contribution in [-0.4, -0.2) is 105 Å². The number of carbonyl (C=O) groups excluding carboxylic acids is 5. The van der Waals surface area contributed by atoms with E-state index in [1.165, 1.54) is 32.2 Å². The highest BCUT2D eigenvalue weighted by Gasteiger charge is 2.53. The second kappa shape index (κ2) is 19.1. The largest absolute Gasteiger partial charge is 0.493 e. The lowest BCUT2D eigenvalue weighted by Crippen LogP contribution is -2.63. The molecule has 1 heterocycles. The van der Waals surface area contributed by atoms with Gasteiger partial charge < -0.3 is 42.8 Å². The molecule has 1 aromatic rings. The smallest absolute Gasteiger partial charge is 0.338 e.